The fraction of sp³-hybridized carbons (Fsp3) is 0.360. The number of hydrogen-bond donors (Lipinski definition) is 0. The van der Waals surface area contributed by atoms with E-state index in [1.807, 2.05) is 32.9 Å². The molecule has 0 saturated heterocycles. The molecular weight excluding hydrogens is 363 g/mol. The van der Waals surface area contributed by atoms with E-state index >= 15 is 0 Å². The molecule has 0 N–H and O–H groups in total. The summed E-state index contributed by atoms with van der Waals surface area (Å²) in [6.07, 6.45) is 5.84. The number of nitrogens with zero attached hydrogens (tertiary/aromatic N) is 2. The first kappa shape index (κ1) is 22.4. The van der Waals surface area contributed by atoms with Crippen LogP contribution in [0.4, 0.5) is 4.39 Å². The Morgan fingerprint density at radius 3 is 2.59 bits per heavy atom. The molecule has 1 aliphatic heterocycles. The van der Waals surface area contributed by atoms with Crippen LogP contribution in [-0.2, 0) is 11.3 Å². The maximum absolute atomic E-state index is 14.7. The van der Waals surface area contributed by atoms with Gasteiger partial charge in [0.2, 0.25) is 0 Å². The number of carbonyl (C=O) groups is 1. The van der Waals surface area contributed by atoms with Crippen LogP contribution in [0, 0.1) is 17.7 Å². The molecule has 0 spiro atoms. The van der Waals surface area contributed by atoms with Crippen molar-refractivity contribution in [3.8, 4) is 11.8 Å². The lowest BCUT2D eigenvalue weighted by atomic mass is 9.98. The van der Waals surface area contributed by atoms with Gasteiger partial charge in [-0.15, -0.1) is 19.1 Å². The highest BCUT2D eigenvalue weighted by Gasteiger charge is 2.33. The highest BCUT2D eigenvalue weighted by Crippen LogP contribution is 2.42. The van der Waals surface area contributed by atoms with Crippen LogP contribution >= 0.6 is 0 Å². The van der Waals surface area contributed by atoms with Crippen LogP contribution < -0.4 is 0 Å². The molecule has 29 heavy (non-hydrogen) atoms. The van der Waals surface area contributed by atoms with Crippen molar-refractivity contribution in [3.63, 3.8) is 0 Å². The number of amidine groups is 1. The van der Waals surface area contributed by atoms with Crippen molar-refractivity contribution in [2.75, 3.05) is 0 Å². The van der Waals surface area contributed by atoms with E-state index in [0.717, 1.165) is 24.0 Å². The molecule has 0 bridgehead atoms. The second kappa shape index (κ2) is 10.0. The van der Waals surface area contributed by atoms with Crippen LogP contribution in [0.3, 0.4) is 0 Å². The van der Waals surface area contributed by atoms with Gasteiger partial charge in [-0.2, -0.15) is 0 Å². The molecule has 2 aliphatic rings. The average molecular weight is 393 g/mol. The fourth-order valence-electron chi connectivity index (χ4n) is 3.33. The van der Waals surface area contributed by atoms with Crippen LogP contribution in [0.25, 0.3) is 0 Å². The number of rotatable bonds is 4. The third-order valence-corrected chi connectivity index (χ3v) is 4.73. The van der Waals surface area contributed by atoms with E-state index in [1.54, 1.807) is 24.0 Å². The predicted octanol–water partition coefficient (Wildman–Crippen LogP) is 5.55. The zero-order chi connectivity index (χ0) is 21.6. The van der Waals surface area contributed by atoms with Crippen molar-refractivity contribution in [2.24, 2.45) is 4.99 Å². The Hall–Kier alpha value is -2.93. The molecule has 0 aromatic heterocycles. The molecule has 3 nitrogen and oxygen atoms in total. The first-order chi connectivity index (χ1) is 14.0. The lowest BCUT2D eigenvalue weighted by molar-refractivity contribution is -0.123. The summed E-state index contributed by atoms with van der Waals surface area (Å²) < 4.78 is 14.7. The summed E-state index contributed by atoms with van der Waals surface area (Å²) in [7, 11) is 0. The Labute approximate surface area is 173 Å². The molecule has 1 fully saturated rings. The Balaban J connectivity index is 0.00000145. The van der Waals surface area contributed by atoms with Crippen LogP contribution in [0.1, 0.15) is 57.6 Å². The molecule has 1 saturated carbocycles. The van der Waals surface area contributed by atoms with Crippen molar-refractivity contribution in [2.45, 2.75) is 59.0 Å². The molecule has 0 radical (unpaired) electrons. The topological polar surface area (TPSA) is 32.7 Å². The molecule has 0 atom stereocenters. The van der Waals surface area contributed by atoms with Gasteiger partial charge in [0.05, 0.1) is 12.1 Å². The van der Waals surface area contributed by atoms with Crippen LogP contribution in [-0.4, -0.2) is 22.7 Å². The van der Waals surface area contributed by atoms with Crippen molar-refractivity contribution in [1.82, 2.24) is 4.90 Å². The average Bonchev–Trinajstić information content (AvgIpc) is 3.54. The van der Waals surface area contributed by atoms with Gasteiger partial charge in [0.15, 0.2) is 0 Å². The number of halogens is 1. The van der Waals surface area contributed by atoms with Crippen molar-refractivity contribution < 1.29 is 9.18 Å². The third kappa shape index (κ3) is 5.12. The van der Waals surface area contributed by atoms with Crippen LogP contribution in [0.5, 0.6) is 0 Å². The van der Waals surface area contributed by atoms with Gasteiger partial charge in [-0.05, 0) is 64.2 Å². The van der Waals surface area contributed by atoms with Gasteiger partial charge in [-0.3, -0.25) is 14.7 Å². The molecule has 152 valence electrons. The summed E-state index contributed by atoms with van der Waals surface area (Å²) >= 11 is 0. The summed E-state index contributed by atoms with van der Waals surface area (Å²) in [5, 5.41) is 0. The molecule has 3 rings (SSSR count). The molecule has 1 heterocycles. The second-order valence-electron chi connectivity index (χ2n) is 7.20. The molecule has 1 amide bonds. The first-order valence-corrected chi connectivity index (χ1v) is 9.94. The number of hydrogen-bond acceptors (Lipinski definition) is 2. The van der Waals surface area contributed by atoms with E-state index in [4.69, 9.17) is 0 Å². The Bertz CT molecular complexity index is 924. The van der Waals surface area contributed by atoms with Gasteiger partial charge < -0.3 is 0 Å². The largest absolute Gasteiger partial charge is 0.287 e. The lowest BCUT2D eigenvalue weighted by Gasteiger charge is -2.30. The number of amides is 1. The third-order valence-electron chi connectivity index (χ3n) is 4.73. The highest BCUT2D eigenvalue weighted by molar-refractivity contribution is 6.19. The Morgan fingerprint density at radius 2 is 2.03 bits per heavy atom. The minimum absolute atomic E-state index is 0.0148. The summed E-state index contributed by atoms with van der Waals surface area (Å²) in [6, 6.07) is 5.21. The smallest absolute Gasteiger partial charge is 0.268 e. The molecule has 1 aliphatic carbocycles. The predicted molar refractivity (Wildman–Crippen MR) is 118 cm³/mol. The minimum Gasteiger partial charge on any atom is -0.287 e. The molecule has 1 aromatic carbocycles. The van der Waals surface area contributed by atoms with Gasteiger partial charge in [-0.25, -0.2) is 4.39 Å². The number of aliphatic imine (C=N–C) groups is 1. The van der Waals surface area contributed by atoms with Gasteiger partial charge in [-0.1, -0.05) is 24.1 Å². The highest BCUT2D eigenvalue weighted by atomic mass is 19.1. The van der Waals surface area contributed by atoms with E-state index in [1.165, 1.54) is 6.07 Å². The Kier molecular flexibility index (Phi) is 7.73. The summed E-state index contributed by atoms with van der Waals surface area (Å²) in [6.45, 7) is 13.7. The lowest BCUT2D eigenvalue weighted by Crippen LogP contribution is -2.41. The zero-order valence-electron chi connectivity index (χ0n) is 17.8. The SMILES string of the molecule is C=C.CC#CC1=C/C(=C/C)C(=NC(C)C)N(Cc2c(F)cccc2C2CC2)C1=O. The maximum atomic E-state index is 14.7. The monoisotopic (exact) mass is 392 g/mol. The zero-order valence-corrected chi connectivity index (χ0v) is 17.8. The van der Waals surface area contributed by atoms with Gasteiger partial charge in [0.25, 0.3) is 5.91 Å². The molecule has 1 aromatic rings. The summed E-state index contributed by atoms with van der Waals surface area (Å²) in [4.78, 5) is 19.4. The number of allylic oxidation sites excluding steroid dienone is 1. The van der Waals surface area contributed by atoms with E-state index < -0.39 is 0 Å². The van der Waals surface area contributed by atoms with Crippen LogP contribution in [0.15, 0.2) is 59.6 Å². The van der Waals surface area contributed by atoms with E-state index in [-0.39, 0.29) is 24.3 Å². The Morgan fingerprint density at radius 1 is 1.34 bits per heavy atom. The fourth-order valence-corrected chi connectivity index (χ4v) is 3.33. The molecule has 0 unspecified atom stereocenters. The normalized spacial score (nSPS) is 18.9. The van der Waals surface area contributed by atoms with Crippen molar-refractivity contribution >= 4 is 11.7 Å². The first-order valence-electron chi connectivity index (χ1n) is 9.94. The van der Waals surface area contributed by atoms with Gasteiger partial charge in [0, 0.05) is 17.2 Å². The van der Waals surface area contributed by atoms with E-state index in [9.17, 15) is 9.18 Å². The van der Waals surface area contributed by atoms with Gasteiger partial charge >= 0.3 is 0 Å². The number of carbonyl (C=O) groups excluding carboxylic acids is 1. The summed E-state index contributed by atoms with van der Waals surface area (Å²) in [5.74, 6) is 6.17. The maximum Gasteiger partial charge on any atom is 0.268 e. The minimum atomic E-state index is -0.268. The van der Waals surface area contributed by atoms with E-state index in [2.05, 4.69) is 30.0 Å². The summed E-state index contributed by atoms with van der Waals surface area (Å²) in [5.41, 5.74) is 2.85. The quantitative estimate of drug-likeness (QED) is 0.488. The molecular formula is C25H29FN2O. The van der Waals surface area contributed by atoms with Crippen molar-refractivity contribution in [3.05, 3.63) is 71.6 Å². The van der Waals surface area contributed by atoms with Crippen molar-refractivity contribution in [1.29, 1.82) is 0 Å². The second-order valence-corrected chi connectivity index (χ2v) is 7.20. The van der Waals surface area contributed by atoms with Crippen LogP contribution in [0.2, 0.25) is 0 Å². The van der Waals surface area contributed by atoms with E-state index in [0.29, 0.717) is 22.9 Å². The standard InChI is InChI=1S/C23H25FN2O.C2H4/c1-5-8-18-13-16(6-2)22(25-15(3)4)26(23(18)27)14-20-19(17-11-12-17)9-7-10-21(20)24;1-2/h6-7,9-10,13,15,17H,11-12,14H2,1-4H3;1-2H2/b16-6-,25-22?;. The number of benzene rings is 1. The van der Waals surface area contributed by atoms with Gasteiger partial charge in [0.1, 0.15) is 11.7 Å². The molecule has 4 heteroatoms.